The topological polar surface area (TPSA) is 80.4 Å². The van der Waals surface area contributed by atoms with Crippen LogP contribution in [0.5, 0.6) is 0 Å². The number of nitrogens with zero attached hydrogens (tertiary/aromatic N) is 3. The van der Waals surface area contributed by atoms with Crippen molar-refractivity contribution in [2.45, 2.75) is 31.7 Å². The van der Waals surface area contributed by atoms with Crippen molar-refractivity contribution in [2.75, 3.05) is 13.1 Å². The third-order valence-corrected chi connectivity index (χ3v) is 5.18. The predicted octanol–water partition coefficient (Wildman–Crippen LogP) is 2.82. The van der Waals surface area contributed by atoms with Crippen LogP contribution in [0, 0.1) is 0 Å². The van der Waals surface area contributed by atoms with Crippen molar-refractivity contribution in [1.82, 2.24) is 20.0 Å². The van der Waals surface area contributed by atoms with Crippen LogP contribution in [0.25, 0.3) is 5.69 Å². The van der Waals surface area contributed by atoms with Crippen LogP contribution < -0.4 is 5.32 Å². The lowest BCUT2D eigenvalue weighted by atomic mass is 10.0. The number of para-hydroxylation sites is 1. The molecule has 0 spiro atoms. The van der Waals surface area contributed by atoms with Gasteiger partial charge in [0.2, 0.25) is 5.91 Å². The highest BCUT2D eigenvalue weighted by atomic mass is 16.3. The Morgan fingerprint density at radius 3 is 2.62 bits per heavy atom. The summed E-state index contributed by atoms with van der Waals surface area (Å²) in [4.78, 5) is 26.4. The number of rotatable bonds is 6. The molecule has 1 aliphatic heterocycles. The Morgan fingerprint density at radius 2 is 1.90 bits per heavy atom. The molecular formula is C22H24N4O3. The number of aromatic nitrogens is 2. The third-order valence-electron chi connectivity index (χ3n) is 5.18. The SMILES string of the molecule is O=C(CCc1cnn(-c2ccccc2)c1)NC1CCN(C(=O)c2ccco2)CC1. The number of amides is 2. The van der Waals surface area contributed by atoms with Gasteiger partial charge in [-0.15, -0.1) is 0 Å². The summed E-state index contributed by atoms with van der Waals surface area (Å²) in [6.45, 7) is 1.24. The van der Waals surface area contributed by atoms with E-state index in [4.69, 9.17) is 4.42 Å². The Bertz CT molecular complexity index is 942. The van der Waals surface area contributed by atoms with Gasteiger partial charge in [-0.1, -0.05) is 18.2 Å². The van der Waals surface area contributed by atoms with Gasteiger partial charge >= 0.3 is 0 Å². The van der Waals surface area contributed by atoms with E-state index in [9.17, 15) is 9.59 Å². The van der Waals surface area contributed by atoms with Crippen LogP contribution >= 0.6 is 0 Å². The summed E-state index contributed by atoms with van der Waals surface area (Å²) in [7, 11) is 0. The summed E-state index contributed by atoms with van der Waals surface area (Å²) < 4.78 is 6.99. The molecule has 29 heavy (non-hydrogen) atoms. The molecule has 3 aromatic rings. The summed E-state index contributed by atoms with van der Waals surface area (Å²) in [5, 5.41) is 7.46. The highest BCUT2D eigenvalue weighted by Gasteiger charge is 2.25. The van der Waals surface area contributed by atoms with E-state index < -0.39 is 0 Å². The van der Waals surface area contributed by atoms with Gasteiger partial charge in [0.1, 0.15) is 0 Å². The van der Waals surface area contributed by atoms with Crippen molar-refractivity contribution in [3.05, 3.63) is 72.4 Å². The summed E-state index contributed by atoms with van der Waals surface area (Å²) >= 11 is 0. The van der Waals surface area contributed by atoms with E-state index in [1.807, 2.05) is 41.2 Å². The molecule has 1 saturated heterocycles. The first-order valence-corrected chi connectivity index (χ1v) is 9.90. The Hall–Kier alpha value is -3.35. The Morgan fingerprint density at radius 1 is 1.10 bits per heavy atom. The van der Waals surface area contributed by atoms with Crippen LogP contribution in [-0.4, -0.2) is 45.6 Å². The molecular weight excluding hydrogens is 368 g/mol. The summed E-state index contributed by atoms with van der Waals surface area (Å²) in [6.07, 6.45) is 7.85. The lowest BCUT2D eigenvalue weighted by Gasteiger charge is -2.31. The zero-order valence-electron chi connectivity index (χ0n) is 16.2. The predicted molar refractivity (Wildman–Crippen MR) is 108 cm³/mol. The van der Waals surface area contributed by atoms with E-state index >= 15 is 0 Å². The van der Waals surface area contributed by atoms with E-state index in [1.165, 1.54) is 6.26 Å². The number of nitrogens with one attached hydrogen (secondary N) is 1. The maximum atomic E-state index is 12.3. The molecule has 0 radical (unpaired) electrons. The monoisotopic (exact) mass is 392 g/mol. The molecule has 7 heteroatoms. The maximum Gasteiger partial charge on any atom is 0.289 e. The average Bonchev–Trinajstić information content (AvgIpc) is 3.45. The molecule has 1 fully saturated rings. The minimum absolute atomic E-state index is 0.0354. The van der Waals surface area contributed by atoms with Crippen molar-refractivity contribution >= 4 is 11.8 Å². The molecule has 1 aliphatic rings. The fourth-order valence-electron chi connectivity index (χ4n) is 3.55. The zero-order chi connectivity index (χ0) is 20.1. The van der Waals surface area contributed by atoms with Crippen LogP contribution in [0.2, 0.25) is 0 Å². The zero-order valence-corrected chi connectivity index (χ0v) is 16.2. The molecule has 1 aromatic carbocycles. The molecule has 7 nitrogen and oxygen atoms in total. The Kier molecular flexibility index (Phi) is 5.74. The maximum absolute atomic E-state index is 12.3. The molecule has 0 atom stereocenters. The number of benzene rings is 1. The van der Waals surface area contributed by atoms with Crippen LogP contribution in [0.4, 0.5) is 0 Å². The third kappa shape index (κ3) is 4.74. The van der Waals surface area contributed by atoms with Gasteiger partial charge in [-0.25, -0.2) is 4.68 Å². The second-order valence-corrected chi connectivity index (χ2v) is 7.24. The van der Waals surface area contributed by atoms with Gasteiger partial charge in [0.05, 0.1) is 18.1 Å². The largest absolute Gasteiger partial charge is 0.459 e. The second kappa shape index (κ2) is 8.77. The minimum atomic E-state index is -0.0878. The lowest BCUT2D eigenvalue weighted by molar-refractivity contribution is -0.122. The number of furan rings is 1. The number of carbonyl (C=O) groups is 2. The number of aryl methyl sites for hydroxylation is 1. The van der Waals surface area contributed by atoms with Gasteiger partial charge in [-0.05, 0) is 49.1 Å². The first-order chi connectivity index (χ1) is 14.2. The fraction of sp³-hybridized carbons (Fsp3) is 0.318. The first-order valence-electron chi connectivity index (χ1n) is 9.90. The minimum Gasteiger partial charge on any atom is -0.459 e. The number of hydrogen-bond donors (Lipinski definition) is 1. The molecule has 150 valence electrons. The normalized spacial score (nSPS) is 14.7. The molecule has 2 aromatic heterocycles. The molecule has 3 heterocycles. The number of piperidine rings is 1. The molecule has 0 unspecified atom stereocenters. The molecule has 0 saturated carbocycles. The van der Waals surface area contributed by atoms with Crippen LogP contribution in [0.3, 0.4) is 0 Å². The van der Waals surface area contributed by atoms with Crippen molar-refractivity contribution in [2.24, 2.45) is 0 Å². The second-order valence-electron chi connectivity index (χ2n) is 7.24. The molecule has 2 amide bonds. The summed E-state index contributed by atoms with van der Waals surface area (Å²) in [5.74, 6) is 0.312. The van der Waals surface area contributed by atoms with Gasteiger partial charge in [-0.3, -0.25) is 9.59 Å². The van der Waals surface area contributed by atoms with Gasteiger partial charge in [0.15, 0.2) is 5.76 Å². The van der Waals surface area contributed by atoms with Gasteiger partial charge in [0.25, 0.3) is 5.91 Å². The van der Waals surface area contributed by atoms with Crippen LogP contribution in [0.15, 0.2) is 65.5 Å². The first kappa shape index (κ1) is 19.0. The number of likely N-dealkylation sites (tertiary alicyclic amines) is 1. The standard InChI is InChI=1S/C22H24N4O3/c27-21(9-8-17-15-23-26(16-17)19-5-2-1-3-6-19)24-18-10-12-25(13-11-18)22(28)20-7-4-14-29-20/h1-7,14-16,18H,8-13H2,(H,24,27). The summed E-state index contributed by atoms with van der Waals surface area (Å²) in [5.41, 5.74) is 2.03. The van der Waals surface area contributed by atoms with Crippen LogP contribution in [-0.2, 0) is 11.2 Å². The van der Waals surface area contributed by atoms with E-state index in [2.05, 4.69) is 10.4 Å². The Labute approximate surface area is 169 Å². The quantitative estimate of drug-likeness (QED) is 0.700. The van der Waals surface area contributed by atoms with Crippen molar-refractivity contribution in [3.8, 4) is 5.69 Å². The number of carbonyl (C=O) groups excluding carboxylic acids is 2. The van der Waals surface area contributed by atoms with Gasteiger partial charge in [-0.2, -0.15) is 5.10 Å². The van der Waals surface area contributed by atoms with E-state index in [0.717, 1.165) is 24.1 Å². The molecule has 4 rings (SSSR count). The van der Waals surface area contributed by atoms with Crippen LogP contribution in [0.1, 0.15) is 35.4 Å². The van der Waals surface area contributed by atoms with E-state index in [-0.39, 0.29) is 17.9 Å². The van der Waals surface area contributed by atoms with E-state index in [1.54, 1.807) is 23.2 Å². The van der Waals surface area contributed by atoms with Gasteiger partial charge in [0, 0.05) is 31.7 Å². The average molecular weight is 392 g/mol. The highest BCUT2D eigenvalue weighted by molar-refractivity contribution is 5.91. The molecule has 0 aliphatic carbocycles. The smallest absolute Gasteiger partial charge is 0.289 e. The fourth-order valence-corrected chi connectivity index (χ4v) is 3.55. The van der Waals surface area contributed by atoms with Crippen molar-refractivity contribution in [3.63, 3.8) is 0 Å². The van der Waals surface area contributed by atoms with Gasteiger partial charge < -0.3 is 14.6 Å². The Balaban J connectivity index is 1.21. The molecule has 1 N–H and O–H groups in total. The van der Waals surface area contributed by atoms with Crippen molar-refractivity contribution in [1.29, 1.82) is 0 Å². The highest BCUT2D eigenvalue weighted by Crippen LogP contribution is 2.15. The van der Waals surface area contributed by atoms with Crippen molar-refractivity contribution < 1.29 is 14.0 Å². The lowest BCUT2D eigenvalue weighted by Crippen LogP contribution is -2.46. The van der Waals surface area contributed by atoms with E-state index in [0.29, 0.717) is 31.7 Å². The number of hydrogen-bond acceptors (Lipinski definition) is 4. The summed E-state index contributed by atoms with van der Waals surface area (Å²) in [6, 6.07) is 13.4. The molecule has 0 bridgehead atoms.